The number of rotatable bonds is 17. The average Bonchev–Trinajstić information content (AvgIpc) is 2.71. The molecule has 1 rings (SSSR count). The first-order valence-corrected chi connectivity index (χ1v) is 11.3. The SMILES string of the molecule is CCCCCCCCCCCCCCCCN(C(=O)O)c1ccc([N+](=O)[O-])cc1. The summed E-state index contributed by atoms with van der Waals surface area (Å²) >= 11 is 0. The highest BCUT2D eigenvalue weighted by Gasteiger charge is 2.15. The lowest BCUT2D eigenvalue weighted by Gasteiger charge is -2.19. The molecule has 0 spiro atoms. The summed E-state index contributed by atoms with van der Waals surface area (Å²) in [6.07, 6.45) is 16.6. The molecule has 6 heteroatoms. The third-order valence-corrected chi connectivity index (χ3v) is 5.34. The summed E-state index contributed by atoms with van der Waals surface area (Å²) < 4.78 is 0. The number of carbonyl (C=O) groups is 1. The van der Waals surface area contributed by atoms with E-state index in [1.54, 1.807) is 0 Å². The molecule has 0 bridgehead atoms. The quantitative estimate of drug-likeness (QED) is 0.164. The van der Waals surface area contributed by atoms with Crippen LogP contribution in [0.15, 0.2) is 24.3 Å². The van der Waals surface area contributed by atoms with Crippen molar-refractivity contribution in [2.75, 3.05) is 11.4 Å². The molecular formula is C23H38N2O4. The number of nitro groups is 1. The molecule has 0 radical (unpaired) electrons. The van der Waals surface area contributed by atoms with Gasteiger partial charge in [0.2, 0.25) is 0 Å². The molecule has 0 aliphatic heterocycles. The van der Waals surface area contributed by atoms with Crippen LogP contribution in [0.3, 0.4) is 0 Å². The maximum atomic E-state index is 11.5. The van der Waals surface area contributed by atoms with E-state index in [1.807, 2.05) is 0 Å². The van der Waals surface area contributed by atoms with Crippen molar-refractivity contribution in [1.82, 2.24) is 0 Å². The molecule has 6 nitrogen and oxygen atoms in total. The predicted octanol–water partition coefficient (Wildman–Crippen LogP) is 7.56. The van der Waals surface area contributed by atoms with Crippen molar-refractivity contribution in [1.29, 1.82) is 0 Å². The monoisotopic (exact) mass is 406 g/mol. The Bertz CT molecular complexity index is 575. The second-order valence-electron chi connectivity index (χ2n) is 7.80. The predicted molar refractivity (Wildman–Crippen MR) is 119 cm³/mol. The lowest BCUT2D eigenvalue weighted by molar-refractivity contribution is -0.384. The maximum Gasteiger partial charge on any atom is 0.411 e. The van der Waals surface area contributed by atoms with Gasteiger partial charge in [-0.1, -0.05) is 90.4 Å². The van der Waals surface area contributed by atoms with E-state index in [0.717, 1.165) is 19.3 Å². The molecule has 0 atom stereocenters. The number of carboxylic acid groups (broad SMARTS) is 1. The van der Waals surface area contributed by atoms with Crippen LogP contribution in [0.1, 0.15) is 96.8 Å². The molecule has 1 aromatic rings. The first kappa shape index (κ1) is 24.9. The van der Waals surface area contributed by atoms with Crippen molar-refractivity contribution in [2.24, 2.45) is 0 Å². The van der Waals surface area contributed by atoms with Gasteiger partial charge in [-0.2, -0.15) is 0 Å². The van der Waals surface area contributed by atoms with Crippen LogP contribution in [0.2, 0.25) is 0 Å². The van der Waals surface area contributed by atoms with Crippen LogP contribution in [0.4, 0.5) is 16.2 Å². The molecule has 0 fully saturated rings. The fourth-order valence-electron chi connectivity index (χ4n) is 3.55. The smallest absolute Gasteiger partial charge is 0.411 e. The highest BCUT2D eigenvalue weighted by atomic mass is 16.6. The van der Waals surface area contributed by atoms with E-state index >= 15 is 0 Å². The van der Waals surface area contributed by atoms with Crippen LogP contribution >= 0.6 is 0 Å². The van der Waals surface area contributed by atoms with Gasteiger partial charge < -0.3 is 5.11 Å². The van der Waals surface area contributed by atoms with E-state index in [2.05, 4.69) is 6.92 Å². The van der Waals surface area contributed by atoms with E-state index < -0.39 is 11.0 Å². The van der Waals surface area contributed by atoms with E-state index in [4.69, 9.17) is 0 Å². The molecule has 1 aromatic carbocycles. The van der Waals surface area contributed by atoms with Crippen LogP contribution < -0.4 is 4.90 Å². The van der Waals surface area contributed by atoms with Crippen molar-refractivity contribution in [3.8, 4) is 0 Å². The zero-order valence-corrected chi connectivity index (χ0v) is 18.0. The Morgan fingerprint density at radius 1 is 0.828 bits per heavy atom. The van der Waals surface area contributed by atoms with Crippen LogP contribution in [-0.2, 0) is 0 Å². The van der Waals surface area contributed by atoms with Crippen LogP contribution in [0, 0.1) is 10.1 Å². The lowest BCUT2D eigenvalue weighted by Crippen LogP contribution is -2.30. The minimum atomic E-state index is -1.02. The summed E-state index contributed by atoms with van der Waals surface area (Å²) in [6, 6.07) is 5.68. The van der Waals surface area contributed by atoms with Gasteiger partial charge in [-0.25, -0.2) is 4.79 Å². The summed E-state index contributed by atoms with van der Waals surface area (Å²) in [7, 11) is 0. The Morgan fingerprint density at radius 3 is 1.62 bits per heavy atom. The molecule has 0 saturated heterocycles. The van der Waals surface area contributed by atoms with E-state index in [-0.39, 0.29) is 5.69 Å². The van der Waals surface area contributed by atoms with Gasteiger partial charge in [0.25, 0.3) is 5.69 Å². The maximum absolute atomic E-state index is 11.5. The topological polar surface area (TPSA) is 83.7 Å². The number of nitro benzene ring substituents is 1. The first-order valence-electron chi connectivity index (χ1n) is 11.3. The number of nitrogens with zero attached hydrogens (tertiary/aromatic N) is 2. The summed E-state index contributed by atoms with van der Waals surface area (Å²) in [5.74, 6) is 0. The molecule has 0 aromatic heterocycles. The van der Waals surface area contributed by atoms with Crippen LogP contribution in [0.5, 0.6) is 0 Å². The Morgan fingerprint density at radius 2 is 1.24 bits per heavy atom. The van der Waals surface area contributed by atoms with Gasteiger partial charge in [0.15, 0.2) is 0 Å². The van der Waals surface area contributed by atoms with Crippen molar-refractivity contribution in [3.05, 3.63) is 34.4 Å². The Balaban J connectivity index is 2.07. The van der Waals surface area contributed by atoms with Gasteiger partial charge in [0.05, 0.1) is 4.92 Å². The minimum Gasteiger partial charge on any atom is -0.465 e. The molecule has 29 heavy (non-hydrogen) atoms. The number of hydrogen-bond donors (Lipinski definition) is 1. The molecular weight excluding hydrogens is 368 g/mol. The second kappa shape index (κ2) is 15.8. The van der Waals surface area contributed by atoms with Gasteiger partial charge in [-0.15, -0.1) is 0 Å². The molecule has 1 N–H and O–H groups in total. The highest BCUT2D eigenvalue weighted by Crippen LogP contribution is 2.20. The number of non-ortho nitro benzene ring substituents is 1. The number of hydrogen-bond acceptors (Lipinski definition) is 3. The summed E-state index contributed by atoms with van der Waals surface area (Å²) in [6.45, 7) is 2.67. The van der Waals surface area contributed by atoms with E-state index in [0.29, 0.717) is 12.2 Å². The van der Waals surface area contributed by atoms with Gasteiger partial charge in [-0.3, -0.25) is 15.0 Å². The first-order chi connectivity index (χ1) is 14.1. The van der Waals surface area contributed by atoms with E-state index in [9.17, 15) is 20.0 Å². The third-order valence-electron chi connectivity index (χ3n) is 5.34. The molecule has 1 amide bonds. The van der Waals surface area contributed by atoms with Crippen LogP contribution in [0.25, 0.3) is 0 Å². The summed E-state index contributed by atoms with van der Waals surface area (Å²) in [5, 5.41) is 20.1. The molecule has 0 aliphatic rings. The standard InChI is InChI=1S/C23H38N2O4/c1-2-3-4-5-6-7-8-9-10-11-12-13-14-15-20-24(23(26)27)21-16-18-22(19-17-21)25(28)29/h16-19H,2-15,20H2,1H3,(H,26,27). The molecule has 0 aliphatic carbocycles. The Hall–Kier alpha value is -2.11. The molecule has 0 unspecified atom stereocenters. The molecule has 0 heterocycles. The minimum absolute atomic E-state index is 0.0319. The summed E-state index contributed by atoms with van der Waals surface area (Å²) in [5.41, 5.74) is 0.452. The van der Waals surface area contributed by atoms with Crippen LogP contribution in [-0.4, -0.2) is 22.7 Å². The Kier molecular flexibility index (Phi) is 13.6. The number of benzene rings is 1. The molecule has 0 saturated carbocycles. The van der Waals surface area contributed by atoms with E-state index in [1.165, 1.54) is 99.8 Å². The zero-order chi connectivity index (χ0) is 21.3. The van der Waals surface area contributed by atoms with Crippen molar-refractivity contribution in [3.63, 3.8) is 0 Å². The van der Waals surface area contributed by atoms with Crippen molar-refractivity contribution in [2.45, 2.75) is 96.8 Å². The van der Waals surface area contributed by atoms with Gasteiger partial charge in [0, 0.05) is 24.4 Å². The van der Waals surface area contributed by atoms with Gasteiger partial charge >= 0.3 is 6.09 Å². The summed E-state index contributed by atoms with van der Waals surface area (Å²) in [4.78, 5) is 23.0. The number of amides is 1. The third kappa shape index (κ3) is 11.5. The zero-order valence-electron chi connectivity index (χ0n) is 18.0. The number of unbranched alkanes of at least 4 members (excludes halogenated alkanes) is 13. The largest absolute Gasteiger partial charge is 0.465 e. The van der Waals surface area contributed by atoms with Crippen molar-refractivity contribution >= 4 is 17.5 Å². The second-order valence-corrected chi connectivity index (χ2v) is 7.80. The van der Waals surface area contributed by atoms with Crippen molar-refractivity contribution < 1.29 is 14.8 Å². The average molecular weight is 407 g/mol. The van der Waals surface area contributed by atoms with Gasteiger partial charge in [-0.05, 0) is 18.6 Å². The Labute approximate surface area is 175 Å². The highest BCUT2D eigenvalue weighted by molar-refractivity contribution is 5.86. The fraction of sp³-hybridized carbons (Fsp3) is 0.696. The number of anilines is 1. The fourth-order valence-corrected chi connectivity index (χ4v) is 3.55. The molecule has 164 valence electrons. The van der Waals surface area contributed by atoms with Gasteiger partial charge in [0.1, 0.15) is 0 Å². The lowest BCUT2D eigenvalue weighted by atomic mass is 10.0. The normalized spacial score (nSPS) is 10.8.